The molecule has 0 spiro atoms. The van der Waals surface area contributed by atoms with E-state index >= 15 is 0 Å². The highest BCUT2D eigenvalue weighted by atomic mass is 16.3. The van der Waals surface area contributed by atoms with Crippen LogP contribution < -0.4 is 0 Å². The number of aliphatic hydroxyl groups excluding tert-OH is 1. The van der Waals surface area contributed by atoms with E-state index in [1.165, 1.54) is 38.5 Å². The van der Waals surface area contributed by atoms with Crippen LogP contribution >= 0.6 is 0 Å². The first kappa shape index (κ1) is 11.6. The van der Waals surface area contributed by atoms with Crippen LogP contribution in [-0.2, 0) is 6.54 Å². The minimum atomic E-state index is 0.221. The van der Waals surface area contributed by atoms with Gasteiger partial charge in [0.1, 0.15) is 0 Å². The van der Waals surface area contributed by atoms with Gasteiger partial charge in [-0.05, 0) is 19.3 Å². The second-order valence-corrected chi connectivity index (χ2v) is 4.67. The predicted molar refractivity (Wildman–Crippen MR) is 62.2 cm³/mol. The number of hydrogen-bond acceptors (Lipinski definition) is 3. The van der Waals surface area contributed by atoms with Gasteiger partial charge in [-0.15, -0.1) is 5.10 Å². The van der Waals surface area contributed by atoms with Crippen molar-refractivity contribution in [3.05, 3.63) is 11.9 Å². The Hall–Kier alpha value is -0.900. The largest absolute Gasteiger partial charge is 0.396 e. The summed E-state index contributed by atoms with van der Waals surface area (Å²) < 4.78 is 1.86. The Labute approximate surface area is 96.7 Å². The number of aromatic nitrogens is 3. The SMILES string of the molecule is OCCCn1cc(C2CCCCCC2)nn1. The Morgan fingerprint density at radius 2 is 2.00 bits per heavy atom. The summed E-state index contributed by atoms with van der Waals surface area (Å²) in [5, 5.41) is 17.1. The molecule has 2 rings (SSSR count). The summed E-state index contributed by atoms with van der Waals surface area (Å²) in [5.74, 6) is 0.616. The van der Waals surface area contributed by atoms with E-state index in [0.717, 1.165) is 18.7 Å². The van der Waals surface area contributed by atoms with Crippen LogP contribution in [0, 0.1) is 0 Å². The van der Waals surface area contributed by atoms with Gasteiger partial charge < -0.3 is 5.11 Å². The lowest BCUT2D eigenvalue weighted by molar-refractivity contribution is 0.276. The fourth-order valence-corrected chi connectivity index (χ4v) is 2.42. The molecule has 16 heavy (non-hydrogen) atoms. The van der Waals surface area contributed by atoms with Crippen LogP contribution in [0.1, 0.15) is 56.6 Å². The molecule has 0 atom stereocenters. The lowest BCUT2D eigenvalue weighted by Gasteiger charge is -2.08. The van der Waals surface area contributed by atoms with Gasteiger partial charge in [-0.2, -0.15) is 0 Å². The molecular weight excluding hydrogens is 202 g/mol. The van der Waals surface area contributed by atoms with Gasteiger partial charge in [0.25, 0.3) is 0 Å². The molecule has 1 aromatic heterocycles. The van der Waals surface area contributed by atoms with E-state index in [1.54, 1.807) is 0 Å². The zero-order valence-electron chi connectivity index (χ0n) is 9.81. The van der Waals surface area contributed by atoms with Crippen LogP contribution in [-0.4, -0.2) is 26.7 Å². The van der Waals surface area contributed by atoms with Gasteiger partial charge >= 0.3 is 0 Å². The van der Waals surface area contributed by atoms with Crippen LogP contribution in [0.15, 0.2) is 6.20 Å². The summed E-state index contributed by atoms with van der Waals surface area (Å²) in [6.45, 7) is 0.995. The lowest BCUT2D eigenvalue weighted by atomic mass is 9.97. The molecule has 1 fully saturated rings. The number of nitrogens with zero attached hydrogens (tertiary/aromatic N) is 3. The summed E-state index contributed by atoms with van der Waals surface area (Å²) in [6.07, 6.45) is 10.7. The minimum absolute atomic E-state index is 0.221. The standard InChI is InChI=1S/C12H21N3O/c16-9-5-8-15-10-12(13-14-15)11-6-3-1-2-4-7-11/h10-11,16H,1-9H2. The van der Waals surface area contributed by atoms with E-state index in [9.17, 15) is 0 Å². The monoisotopic (exact) mass is 223 g/mol. The lowest BCUT2D eigenvalue weighted by Crippen LogP contribution is -2.00. The third-order valence-corrected chi connectivity index (χ3v) is 3.38. The topological polar surface area (TPSA) is 50.9 Å². The van der Waals surface area contributed by atoms with Gasteiger partial charge in [-0.25, -0.2) is 0 Å². The van der Waals surface area contributed by atoms with Crippen LogP contribution in [0.4, 0.5) is 0 Å². The van der Waals surface area contributed by atoms with Gasteiger partial charge in [0, 0.05) is 25.3 Å². The van der Waals surface area contributed by atoms with Crippen molar-refractivity contribution in [3.8, 4) is 0 Å². The van der Waals surface area contributed by atoms with Gasteiger partial charge in [0.15, 0.2) is 0 Å². The third kappa shape index (κ3) is 3.04. The van der Waals surface area contributed by atoms with E-state index in [-0.39, 0.29) is 6.61 Å². The summed E-state index contributed by atoms with van der Waals surface area (Å²) >= 11 is 0. The van der Waals surface area contributed by atoms with Crippen LogP contribution in [0.5, 0.6) is 0 Å². The molecule has 1 heterocycles. The van der Waals surface area contributed by atoms with Crippen molar-refractivity contribution in [2.24, 2.45) is 0 Å². The maximum absolute atomic E-state index is 8.76. The molecule has 90 valence electrons. The first-order chi connectivity index (χ1) is 7.90. The molecule has 1 saturated carbocycles. The van der Waals surface area contributed by atoms with E-state index in [1.807, 2.05) is 4.68 Å². The Morgan fingerprint density at radius 3 is 2.69 bits per heavy atom. The van der Waals surface area contributed by atoms with Gasteiger partial charge in [0.05, 0.1) is 5.69 Å². The quantitative estimate of drug-likeness (QED) is 0.795. The van der Waals surface area contributed by atoms with E-state index in [4.69, 9.17) is 5.11 Å². The van der Waals surface area contributed by atoms with Gasteiger partial charge in [-0.1, -0.05) is 30.9 Å². The summed E-state index contributed by atoms with van der Waals surface area (Å²) in [4.78, 5) is 0. The normalized spacial score (nSPS) is 18.6. The smallest absolute Gasteiger partial charge is 0.0857 e. The van der Waals surface area contributed by atoms with Crippen molar-refractivity contribution < 1.29 is 5.11 Å². The second-order valence-electron chi connectivity index (χ2n) is 4.67. The maximum atomic E-state index is 8.76. The average molecular weight is 223 g/mol. The van der Waals surface area contributed by atoms with Crippen LogP contribution in [0.25, 0.3) is 0 Å². The van der Waals surface area contributed by atoms with Crippen molar-refractivity contribution >= 4 is 0 Å². The van der Waals surface area contributed by atoms with Gasteiger partial charge in [0.2, 0.25) is 0 Å². The molecular formula is C12H21N3O. The van der Waals surface area contributed by atoms with Crippen molar-refractivity contribution in [2.45, 2.75) is 57.4 Å². The molecule has 0 aromatic carbocycles. The van der Waals surface area contributed by atoms with Crippen LogP contribution in [0.3, 0.4) is 0 Å². The minimum Gasteiger partial charge on any atom is -0.396 e. The number of rotatable bonds is 4. The fourth-order valence-electron chi connectivity index (χ4n) is 2.42. The summed E-state index contributed by atoms with van der Waals surface area (Å²) in [7, 11) is 0. The fraction of sp³-hybridized carbons (Fsp3) is 0.833. The number of aliphatic hydroxyl groups is 1. The molecule has 0 unspecified atom stereocenters. The van der Waals surface area contributed by atoms with Crippen molar-refractivity contribution in [1.82, 2.24) is 15.0 Å². The zero-order valence-corrected chi connectivity index (χ0v) is 9.81. The molecule has 0 saturated heterocycles. The molecule has 1 N–H and O–H groups in total. The zero-order chi connectivity index (χ0) is 11.2. The molecule has 1 aliphatic rings. The first-order valence-electron chi connectivity index (χ1n) is 6.41. The summed E-state index contributed by atoms with van der Waals surface area (Å²) in [6, 6.07) is 0. The average Bonchev–Trinajstić information content (AvgIpc) is 2.60. The Balaban J connectivity index is 1.94. The molecule has 0 bridgehead atoms. The predicted octanol–water partition coefficient (Wildman–Crippen LogP) is 2.10. The van der Waals surface area contributed by atoms with Crippen molar-refractivity contribution in [1.29, 1.82) is 0 Å². The highest BCUT2D eigenvalue weighted by Gasteiger charge is 2.17. The van der Waals surface area contributed by atoms with E-state index in [2.05, 4.69) is 16.5 Å². The summed E-state index contributed by atoms with van der Waals surface area (Å²) in [5.41, 5.74) is 1.15. The molecule has 4 nitrogen and oxygen atoms in total. The molecule has 0 amide bonds. The highest BCUT2D eigenvalue weighted by Crippen LogP contribution is 2.29. The maximum Gasteiger partial charge on any atom is 0.0857 e. The molecule has 4 heteroatoms. The molecule has 0 radical (unpaired) electrons. The van der Waals surface area contributed by atoms with E-state index in [0.29, 0.717) is 5.92 Å². The third-order valence-electron chi connectivity index (χ3n) is 3.38. The van der Waals surface area contributed by atoms with Crippen molar-refractivity contribution in [2.75, 3.05) is 6.61 Å². The molecule has 0 aliphatic heterocycles. The Kier molecular flexibility index (Phi) is 4.34. The van der Waals surface area contributed by atoms with Gasteiger partial charge in [-0.3, -0.25) is 4.68 Å². The number of hydrogen-bond donors (Lipinski definition) is 1. The van der Waals surface area contributed by atoms with E-state index < -0.39 is 0 Å². The Bertz CT molecular complexity index is 303. The molecule has 1 aliphatic carbocycles. The number of aryl methyl sites for hydroxylation is 1. The first-order valence-corrected chi connectivity index (χ1v) is 6.41. The van der Waals surface area contributed by atoms with Crippen molar-refractivity contribution in [3.63, 3.8) is 0 Å². The molecule has 1 aromatic rings. The highest BCUT2D eigenvalue weighted by molar-refractivity contribution is 5.02. The second kappa shape index (κ2) is 5.99. The van der Waals surface area contributed by atoms with Crippen LogP contribution in [0.2, 0.25) is 0 Å². The Morgan fingerprint density at radius 1 is 1.25 bits per heavy atom.